The average molecular weight is 268 g/mol. The fourth-order valence-corrected chi connectivity index (χ4v) is 2.46. The Labute approximate surface area is 112 Å². The molecule has 1 aliphatic heterocycles. The van der Waals surface area contributed by atoms with Crippen LogP contribution in [0, 0.1) is 5.92 Å². The number of likely N-dealkylation sites (tertiary alicyclic amines) is 1. The molecular formula is C13H18ClN3O. The van der Waals surface area contributed by atoms with Crippen molar-refractivity contribution in [2.24, 2.45) is 5.92 Å². The number of pyridine rings is 1. The molecule has 98 valence electrons. The summed E-state index contributed by atoms with van der Waals surface area (Å²) in [7, 11) is 0. The minimum absolute atomic E-state index is 0.000969. The summed E-state index contributed by atoms with van der Waals surface area (Å²) < 4.78 is 0. The maximum atomic E-state index is 12.2. The van der Waals surface area contributed by atoms with Gasteiger partial charge in [0.05, 0.1) is 10.6 Å². The Balaban J connectivity index is 2.05. The summed E-state index contributed by atoms with van der Waals surface area (Å²) in [6.45, 7) is 3.84. The molecule has 0 aromatic carbocycles. The van der Waals surface area contributed by atoms with Crippen LogP contribution >= 0.6 is 11.6 Å². The van der Waals surface area contributed by atoms with Crippen LogP contribution in [0.4, 0.5) is 5.82 Å². The molecule has 1 aliphatic rings. The van der Waals surface area contributed by atoms with E-state index in [4.69, 9.17) is 17.3 Å². The van der Waals surface area contributed by atoms with Crippen LogP contribution in [-0.2, 0) is 0 Å². The number of hydrogen-bond acceptors (Lipinski definition) is 3. The van der Waals surface area contributed by atoms with E-state index in [1.165, 1.54) is 12.6 Å². The van der Waals surface area contributed by atoms with E-state index in [0.29, 0.717) is 10.6 Å². The standard InChI is InChI=1S/C13H18ClN3O/c1-2-9-3-5-17(6-4-9)13(18)10-7-11(14)12(15)16-8-10/h7-9H,2-6H2,1H3,(H2,15,16). The first kappa shape index (κ1) is 13.1. The molecule has 1 saturated heterocycles. The van der Waals surface area contributed by atoms with E-state index in [0.717, 1.165) is 31.8 Å². The molecule has 5 heteroatoms. The lowest BCUT2D eigenvalue weighted by molar-refractivity contribution is 0.0688. The fraction of sp³-hybridized carbons (Fsp3) is 0.538. The molecule has 0 aliphatic carbocycles. The molecule has 0 unspecified atom stereocenters. The van der Waals surface area contributed by atoms with Gasteiger partial charge in [0, 0.05) is 19.3 Å². The smallest absolute Gasteiger partial charge is 0.255 e. The normalized spacial score (nSPS) is 16.9. The summed E-state index contributed by atoms with van der Waals surface area (Å²) in [5, 5.41) is 0.337. The number of amides is 1. The Bertz CT molecular complexity index is 442. The summed E-state index contributed by atoms with van der Waals surface area (Å²) in [6, 6.07) is 1.60. The first-order valence-electron chi connectivity index (χ1n) is 6.32. The van der Waals surface area contributed by atoms with E-state index in [1.54, 1.807) is 6.07 Å². The molecule has 1 fully saturated rings. The van der Waals surface area contributed by atoms with Gasteiger partial charge in [0.15, 0.2) is 0 Å². The van der Waals surface area contributed by atoms with E-state index in [-0.39, 0.29) is 11.7 Å². The van der Waals surface area contributed by atoms with Crippen molar-refractivity contribution < 1.29 is 4.79 Å². The number of aromatic nitrogens is 1. The molecule has 1 amide bonds. The highest BCUT2D eigenvalue weighted by molar-refractivity contribution is 6.33. The molecule has 1 aromatic heterocycles. The Morgan fingerprint density at radius 2 is 2.22 bits per heavy atom. The molecular weight excluding hydrogens is 250 g/mol. The largest absolute Gasteiger partial charge is 0.382 e. The topological polar surface area (TPSA) is 59.2 Å². The fourth-order valence-electron chi connectivity index (χ4n) is 2.29. The third-order valence-electron chi connectivity index (χ3n) is 3.60. The number of nitrogens with zero attached hydrogens (tertiary/aromatic N) is 2. The van der Waals surface area contributed by atoms with Crippen LogP contribution < -0.4 is 5.73 Å². The third-order valence-corrected chi connectivity index (χ3v) is 3.90. The molecule has 2 N–H and O–H groups in total. The van der Waals surface area contributed by atoms with Crippen molar-refractivity contribution in [1.29, 1.82) is 0 Å². The minimum atomic E-state index is -0.000969. The highest BCUT2D eigenvalue weighted by Gasteiger charge is 2.23. The van der Waals surface area contributed by atoms with Gasteiger partial charge in [-0.2, -0.15) is 0 Å². The molecule has 1 aromatic rings. The Morgan fingerprint density at radius 1 is 1.56 bits per heavy atom. The second kappa shape index (κ2) is 5.57. The minimum Gasteiger partial charge on any atom is -0.382 e. The number of rotatable bonds is 2. The zero-order chi connectivity index (χ0) is 13.1. The predicted octanol–water partition coefficient (Wildman–Crippen LogP) is 2.58. The van der Waals surface area contributed by atoms with Crippen molar-refractivity contribution in [2.75, 3.05) is 18.8 Å². The zero-order valence-electron chi connectivity index (χ0n) is 10.5. The number of anilines is 1. The maximum Gasteiger partial charge on any atom is 0.255 e. The van der Waals surface area contributed by atoms with Gasteiger partial charge in [0.25, 0.3) is 5.91 Å². The Morgan fingerprint density at radius 3 is 2.78 bits per heavy atom. The molecule has 2 rings (SSSR count). The van der Waals surface area contributed by atoms with Gasteiger partial charge in [0.1, 0.15) is 5.82 Å². The van der Waals surface area contributed by atoms with Crippen LogP contribution in [0.5, 0.6) is 0 Å². The third kappa shape index (κ3) is 2.75. The number of carbonyl (C=O) groups excluding carboxylic acids is 1. The van der Waals surface area contributed by atoms with Crippen LogP contribution in [0.2, 0.25) is 5.02 Å². The molecule has 0 atom stereocenters. The van der Waals surface area contributed by atoms with Crippen LogP contribution in [0.1, 0.15) is 36.5 Å². The second-order valence-electron chi connectivity index (χ2n) is 4.73. The Hall–Kier alpha value is -1.29. The van der Waals surface area contributed by atoms with Gasteiger partial charge < -0.3 is 10.6 Å². The molecule has 2 heterocycles. The van der Waals surface area contributed by atoms with Crippen molar-refractivity contribution in [2.45, 2.75) is 26.2 Å². The average Bonchev–Trinajstić information content (AvgIpc) is 2.41. The van der Waals surface area contributed by atoms with Gasteiger partial charge in [-0.25, -0.2) is 4.98 Å². The first-order valence-corrected chi connectivity index (χ1v) is 6.70. The molecule has 0 saturated carbocycles. The SMILES string of the molecule is CCC1CCN(C(=O)c2cnc(N)c(Cl)c2)CC1. The summed E-state index contributed by atoms with van der Waals surface area (Å²) in [5.74, 6) is 1.01. The lowest BCUT2D eigenvalue weighted by Crippen LogP contribution is -2.38. The molecule has 0 radical (unpaired) electrons. The van der Waals surface area contributed by atoms with Gasteiger partial charge in [-0.15, -0.1) is 0 Å². The van der Waals surface area contributed by atoms with E-state index in [9.17, 15) is 4.79 Å². The number of nitrogens with two attached hydrogens (primary N) is 1. The summed E-state index contributed by atoms with van der Waals surface area (Å²) >= 11 is 5.88. The number of nitrogen functional groups attached to an aromatic ring is 1. The quantitative estimate of drug-likeness (QED) is 0.896. The maximum absolute atomic E-state index is 12.2. The van der Waals surface area contributed by atoms with E-state index in [1.807, 2.05) is 4.90 Å². The van der Waals surface area contributed by atoms with E-state index >= 15 is 0 Å². The van der Waals surface area contributed by atoms with E-state index < -0.39 is 0 Å². The molecule has 0 bridgehead atoms. The predicted molar refractivity (Wildman–Crippen MR) is 72.6 cm³/mol. The second-order valence-corrected chi connectivity index (χ2v) is 5.14. The van der Waals surface area contributed by atoms with Crippen molar-refractivity contribution in [3.05, 3.63) is 22.8 Å². The van der Waals surface area contributed by atoms with Crippen molar-refractivity contribution in [1.82, 2.24) is 9.88 Å². The molecule has 0 spiro atoms. The zero-order valence-corrected chi connectivity index (χ0v) is 11.3. The van der Waals surface area contributed by atoms with Gasteiger partial charge in [-0.05, 0) is 24.8 Å². The van der Waals surface area contributed by atoms with E-state index in [2.05, 4.69) is 11.9 Å². The molecule has 18 heavy (non-hydrogen) atoms. The lowest BCUT2D eigenvalue weighted by atomic mass is 9.94. The lowest BCUT2D eigenvalue weighted by Gasteiger charge is -2.31. The summed E-state index contributed by atoms with van der Waals surface area (Å²) in [4.78, 5) is 18.0. The van der Waals surface area contributed by atoms with Gasteiger partial charge in [0.2, 0.25) is 0 Å². The van der Waals surface area contributed by atoms with Crippen LogP contribution in [0.15, 0.2) is 12.3 Å². The number of halogens is 1. The number of carbonyl (C=O) groups is 1. The highest BCUT2D eigenvalue weighted by Crippen LogP contribution is 2.23. The van der Waals surface area contributed by atoms with Crippen LogP contribution in [0.3, 0.4) is 0 Å². The number of piperidine rings is 1. The van der Waals surface area contributed by atoms with Crippen molar-refractivity contribution in [3.8, 4) is 0 Å². The van der Waals surface area contributed by atoms with Crippen LogP contribution in [-0.4, -0.2) is 28.9 Å². The Kier molecular flexibility index (Phi) is 4.07. The molecule has 4 nitrogen and oxygen atoms in total. The van der Waals surface area contributed by atoms with Crippen molar-refractivity contribution in [3.63, 3.8) is 0 Å². The summed E-state index contributed by atoms with van der Waals surface area (Å²) in [5.41, 5.74) is 6.05. The van der Waals surface area contributed by atoms with Crippen LogP contribution in [0.25, 0.3) is 0 Å². The number of hydrogen-bond donors (Lipinski definition) is 1. The highest BCUT2D eigenvalue weighted by atomic mass is 35.5. The van der Waals surface area contributed by atoms with Gasteiger partial charge in [-0.1, -0.05) is 24.9 Å². The first-order chi connectivity index (χ1) is 8.61. The van der Waals surface area contributed by atoms with Gasteiger partial charge >= 0.3 is 0 Å². The van der Waals surface area contributed by atoms with Crippen molar-refractivity contribution >= 4 is 23.3 Å². The van der Waals surface area contributed by atoms with Gasteiger partial charge in [-0.3, -0.25) is 4.79 Å². The monoisotopic (exact) mass is 267 g/mol. The summed E-state index contributed by atoms with van der Waals surface area (Å²) in [6.07, 6.45) is 4.85.